The van der Waals surface area contributed by atoms with Crippen LogP contribution >= 0.6 is 0 Å². The maximum Gasteiger partial charge on any atom is 0.330 e. The molecule has 0 atom stereocenters. The van der Waals surface area contributed by atoms with E-state index in [-0.39, 0.29) is 0 Å². The lowest BCUT2D eigenvalue weighted by Crippen LogP contribution is -1.98. The number of carboxylic acid groups (broad SMARTS) is 2. The van der Waals surface area contributed by atoms with E-state index in [2.05, 4.69) is 27.0 Å². The van der Waals surface area contributed by atoms with E-state index in [1.807, 2.05) is 0 Å². The number of aliphatic carboxylic acids is 2. The smallest absolute Gasteiger partial charge is 0.330 e. The van der Waals surface area contributed by atoms with E-state index in [4.69, 9.17) is 10.2 Å². The standard InChI is InChI=1S/2C15H28O2/c2*1-3-4-5-6-7-8-9-10-11-12-13-14(2)15(16)17/h2*2-13H2,1H3,(H,16,17). The highest BCUT2D eigenvalue weighted by molar-refractivity contribution is 5.85. The molecular weight excluding hydrogens is 424 g/mol. The lowest BCUT2D eigenvalue weighted by atomic mass is 10.0. The Balaban J connectivity index is 0. The fourth-order valence-electron chi connectivity index (χ4n) is 3.87. The van der Waals surface area contributed by atoms with E-state index >= 15 is 0 Å². The average Bonchev–Trinajstić information content (AvgIpc) is 2.81. The predicted molar refractivity (Wildman–Crippen MR) is 146 cm³/mol. The molecule has 0 aromatic carbocycles. The van der Waals surface area contributed by atoms with Gasteiger partial charge in [0, 0.05) is 11.1 Å². The van der Waals surface area contributed by atoms with Crippen LogP contribution in [0.3, 0.4) is 0 Å². The van der Waals surface area contributed by atoms with E-state index in [0.29, 0.717) is 24.0 Å². The number of hydrogen-bond donors (Lipinski definition) is 2. The highest BCUT2D eigenvalue weighted by Crippen LogP contribution is 2.14. The minimum atomic E-state index is -0.846. The second-order valence-corrected chi connectivity index (χ2v) is 9.68. The van der Waals surface area contributed by atoms with Crippen LogP contribution in [0.15, 0.2) is 24.3 Å². The van der Waals surface area contributed by atoms with Gasteiger partial charge in [0.2, 0.25) is 0 Å². The summed E-state index contributed by atoms with van der Waals surface area (Å²) in [5.74, 6) is -1.69. The minimum Gasteiger partial charge on any atom is -0.478 e. The summed E-state index contributed by atoms with van der Waals surface area (Å²) in [4.78, 5) is 21.0. The van der Waals surface area contributed by atoms with E-state index in [1.165, 1.54) is 103 Å². The molecule has 0 fully saturated rings. The number of hydrogen-bond acceptors (Lipinski definition) is 2. The summed E-state index contributed by atoms with van der Waals surface area (Å²) in [7, 11) is 0. The van der Waals surface area contributed by atoms with Gasteiger partial charge in [-0.3, -0.25) is 0 Å². The Morgan fingerprint density at radius 2 is 0.647 bits per heavy atom. The maximum atomic E-state index is 10.5. The molecule has 0 radical (unpaired) electrons. The van der Waals surface area contributed by atoms with Gasteiger partial charge in [-0.15, -0.1) is 0 Å². The second kappa shape index (κ2) is 27.7. The first-order valence-corrected chi connectivity index (χ1v) is 14.2. The van der Waals surface area contributed by atoms with E-state index in [1.54, 1.807) is 0 Å². The summed E-state index contributed by atoms with van der Waals surface area (Å²) in [6.07, 6.45) is 26.9. The van der Waals surface area contributed by atoms with Gasteiger partial charge in [-0.05, 0) is 25.7 Å². The van der Waals surface area contributed by atoms with Crippen LogP contribution in [0.4, 0.5) is 0 Å². The average molecular weight is 481 g/mol. The Morgan fingerprint density at radius 1 is 0.441 bits per heavy atom. The number of unbranched alkanes of at least 4 members (excludes halogenated alkanes) is 18. The predicted octanol–water partition coefficient (Wildman–Crippen LogP) is 9.88. The molecule has 0 saturated heterocycles. The summed E-state index contributed by atoms with van der Waals surface area (Å²) in [5, 5.41) is 17.3. The van der Waals surface area contributed by atoms with Crippen molar-refractivity contribution in [2.24, 2.45) is 0 Å². The Hall–Kier alpha value is -1.58. The molecule has 0 aromatic heterocycles. The molecule has 0 aliphatic carbocycles. The first-order chi connectivity index (χ1) is 16.4. The third kappa shape index (κ3) is 28.5. The van der Waals surface area contributed by atoms with Crippen LogP contribution in [0.2, 0.25) is 0 Å². The van der Waals surface area contributed by atoms with Crippen LogP contribution in [-0.4, -0.2) is 22.2 Å². The summed E-state index contributed by atoms with van der Waals surface area (Å²) in [5.41, 5.74) is 0.703. The SMILES string of the molecule is C=C(CCCCCCCCCCCC)C(=O)O.C=C(CCCCCCCCCCCC)C(=O)O. The molecule has 0 bridgehead atoms. The fourth-order valence-corrected chi connectivity index (χ4v) is 3.87. The largest absolute Gasteiger partial charge is 0.478 e. The molecule has 4 heteroatoms. The van der Waals surface area contributed by atoms with Crippen molar-refractivity contribution in [1.82, 2.24) is 0 Å². The summed E-state index contributed by atoms with van der Waals surface area (Å²) in [6.45, 7) is 11.5. The van der Waals surface area contributed by atoms with Crippen LogP contribution < -0.4 is 0 Å². The Labute approximate surface area is 211 Å². The first-order valence-electron chi connectivity index (χ1n) is 14.2. The van der Waals surface area contributed by atoms with Crippen molar-refractivity contribution >= 4 is 11.9 Å². The zero-order chi connectivity index (χ0) is 25.9. The van der Waals surface area contributed by atoms with Gasteiger partial charge in [-0.25, -0.2) is 9.59 Å². The number of carboxylic acids is 2. The Bertz CT molecular complexity index is 464. The van der Waals surface area contributed by atoms with Crippen LogP contribution in [0.25, 0.3) is 0 Å². The highest BCUT2D eigenvalue weighted by atomic mass is 16.4. The molecule has 0 rings (SSSR count). The molecular formula is C30H56O4. The van der Waals surface area contributed by atoms with E-state index in [0.717, 1.165) is 25.7 Å². The fraction of sp³-hybridized carbons (Fsp3) is 0.800. The number of rotatable bonds is 24. The lowest BCUT2D eigenvalue weighted by molar-refractivity contribution is -0.133. The molecule has 0 aromatic rings. The zero-order valence-corrected chi connectivity index (χ0v) is 22.7. The maximum absolute atomic E-state index is 10.5. The van der Waals surface area contributed by atoms with Gasteiger partial charge in [-0.1, -0.05) is 143 Å². The summed E-state index contributed by atoms with van der Waals surface area (Å²) >= 11 is 0. The minimum absolute atomic E-state index is 0.351. The number of carbonyl (C=O) groups is 2. The quantitative estimate of drug-likeness (QED) is 0.106. The molecule has 34 heavy (non-hydrogen) atoms. The first kappa shape index (κ1) is 34.6. The molecule has 0 aliphatic rings. The van der Waals surface area contributed by atoms with Crippen molar-refractivity contribution in [2.45, 2.75) is 155 Å². The third-order valence-corrected chi connectivity index (χ3v) is 6.27. The van der Waals surface area contributed by atoms with Crippen LogP contribution in [0, 0.1) is 0 Å². The summed E-state index contributed by atoms with van der Waals surface area (Å²) < 4.78 is 0. The van der Waals surface area contributed by atoms with Gasteiger partial charge in [-0.2, -0.15) is 0 Å². The topological polar surface area (TPSA) is 74.6 Å². The van der Waals surface area contributed by atoms with Crippen LogP contribution in [0.5, 0.6) is 0 Å². The van der Waals surface area contributed by atoms with Crippen molar-refractivity contribution in [3.8, 4) is 0 Å². The van der Waals surface area contributed by atoms with Crippen molar-refractivity contribution in [1.29, 1.82) is 0 Å². The molecule has 2 N–H and O–H groups in total. The molecule has 0 aliphatic heterocycles. The third-order valence-electron chi connectivity index (χ3n) is 6.27. The van der Waals surface area contributed by atoms with Gasteiger partial charge in [0.15, 0.2) is 0 Å². The molecule has 0 unspecified atom stereocenters. The Morgan fingerprint density at radius 3 is 0.853 bits per heavy atom. The van der Waals surface area contributed by atoms with Crippen molar-refractivity contribution < 1.29 is 19.8 Å². The Kier molecular flexibility index (Phi) is 28.1. The molecule has 0 heterocycles. The van der Waals surface area contributed by atoms with Gasteiger partial charge in [0.05, 0.1) is 0 Å². The highest BCUT2D eigenvalue weighted by Gasteiger charge is 2.03. The zero-order valence-electron chi connectivity index (χ0n) is 22.7. The van der Waals surface area contributed by atoms with E-state index < -0.39 is 11.9 Å². The van der Waals surface area contributed by atoms with E-state index in [9.17, 15) is 9.59 Å². The van der Waals surface area contributed by atoms with Gasteiger partial charge in [0.25, 0.3) is 0 Å². The van der Waals surface area contributed by atoms with Gasteiger partial charge in [0.1, 0.15) is 0 Å². The monoisotopic (exact) mass is 480 g/mol. The van der Waals surface area contributed by atoms with Crippen LogP contribution in [-0.2, 0) is 9.59 Å². The van der Waals surface area contributed by atoms with Crippen molar-refractivity contribution in [3.05, 3.63) is 24.3 Å². The van der Waals surface area contributed by atoms with Gasteiger partial charge < -0.3 is 10.2 Å². The van der Waals surface area contributed by atoms with Gasteiger partial charge >= 0.3 is 11.9 Å². The molecule has 4 nitrogen and oxygen atoms in total. The molecule has 0 saturated carbocycles. The lowest BCUT2D eigenvalue weighted by Gasteiger charge is -2.02. The second-order valence-electron chi connectivity index (χ2n) is 9.68. The van der Waals surface area contributed by atoms with Crippen LogP contribution in [0.1, 0.15) is 155 Å². The normalized spacial score (nSPS) is 10.4. The summed E-state index contributed by atoms with van der Waals surface area (Å²) in [6, 6.07) is 0. The molecule has 0 amide bonds. The molecule has 200 valence electrons. The molecule has 0 spiro atoms. The van der Waals surface area contributed by atoms with Crippen molar-refractivity contribution in [2.75, 3.05) is 0 Å². The van der Waals surface area contributed by atoms with Crippen molar-refractivity contribution in [3.63, 3.8) is 0 Å².